The van der Waals surface area contributed by atoms with Crippen LogP contribution in [0, 0.1) is 0 Å². The van der Waals surface area contributed by atoms with Crippen molar-refractivity contribution in [1.29, 1.82) is 0 Å². The highest BCUT2D eigenvalue weighted by Gasteiger charge is 2.10. The number of benzene rings is 1. The van der Waals surface area contributed by atoms with Crippen LogP contribution in [-0.2, 0) is 0 Å². The monoisotopic (exact) mass is 350 g/mol. The second-order valence-electron chi connectivity index (χ2n) is 5.71. The van der Waals surface area contributed by atoms with Gasteiger partial charge in [-0.3, -0.25) is 9.89 Å². The molecule has 1 aromatic rings. The van der Waals surface area contributed by atoms with Crippen LogP contribution in [0.3, 0.4) is 0 Å². The molecule has 0 saturated heterocycles. The molecule has 0 aliphatic rings. The van der Waals surface area contributed by atoms with Gasteiger partial charge in [-0.25, -0.2) is 0 Å². The van der Waals surface area contributed by atoms with Gasteiger partial charge in [-0.15, -0.1) is 0 Å². The Morgan fingerprint density at radius 3 is 2.44 bits per heavy atom. The molecule has 1 rings (SSSR count). The first-order chi connectivity index (χ1) is 12.1. The van der Waals surface area contributed by atoms with Crippen LogP contribution in [0.4, 0.5) is 5.69 Å². The number of nitrogens with zero attached hydrogens (tertiary/aromatic N) is 2. The Bertz CT molecular complexity index is 530. The van der Waals surface area contributed by atoms with Crippen LogP contribution in [0.15, 0.2) is 23.2 Å². The highest BCUT2D eigenvalue weighted by Crippen LogP contribution is 2.30. The molecule has 2 N–H and O–H groups in total. The minimum atomic E-state index is 0.403. The zero-order valence-electron chi connectivity index (χ0n) is 16.6. The third kappa shape index (κ3) is 6.82. The summed E-state index contributed by atoms with van der Waals surface area (Å²) in [5, 5.41) is 6.63. The van der Waals surface area contributed by atoms with E-state index >= 15 is 0 Å². The molecule has 0 aliphatic heterocycles. The maximum Gasteiger partial charge on any atom is 0.195 e. The van der Waals surface area contributed by atoms with Gasteiger partial charge in [0, 0.05) is 24.3 Å². The number of rotatable bonds is 10. The summed E-state index contributed by atoms with van der Waals surface area (Å²) >= 11 is 0. The standard InChI is InChI=1S/C19H34N4O2/c1-7-20-19(21-14-15(5)23(8-2)9-3)22-16-11-12-17(24-6)18(13-16)25-10-4/h11-13,15H,7-10,14H2,1-6H3,(H2,20,21,22). The molecule has 0 aliphatic carbocycles. The van der Waals surface area contributed by atoms with E-state index in [9.17, 15) is 0 Å². The number of anilines is 1. The zero-order chi connectivity index (χ0) is 18.7. The molecule has 0 saturated carbocycles. The normalized spacial score (nSPS) is 12.8. The van der Waals surface area contributed by atoms with E-state index < -0.39 is 0 Å². The van der Waals surface area contributed by atoms with Crippen LogP contribution in [0.2, 0.25) is 0 Å². The lowest BCUT2D eigenvalue weighted by Crippen LogP contribution is -2.37. The fourth-order valence-electron chi connectivity index (χ4n) is 2.65. The van der Waals surface area contributed by atoms with E-state index in [4.69, 9.17) is 14.5 Å². The third-order valence-corrected chi connectivity index (χ3v) is 4.02. The van der Waals surface area contributed by atoms with Crippen LogP contribution < -0.4 is 20.1 Å². The molecule has 142 valence electrons. The van der Waals surface area contributed by atoms with Gasteiger partial charge in [-0.2, -0.15) is 0 Å². The molecule has 6 nitrogen and oxygen atoms in total. The van der Waals surface area contributed by atoms with Gasteiger partial charge in [0.15, 0.2) is 17.5 Å². The van der Waals surface area contributed by atoms with E-state index in [1.165, 1.54) is 0 Å². The average Bonchev–Trinajstić information content (AvgIpc) is 2.61. The number of guanidine groups is 1. The van der Waals surface area contributed by atoms with Crippen LogP contribution in [-0.4, -0.2) is 56.8 Å². The van der Waals surface area contributed by atoms with E-state index in [-0.39, 0.29) is 0 Å². The van der Waals surface area contributed by atoms with Gasteiger partial charge in [0.05, 0.1) is 20.3 Å². The number of hydrogen-bond acceptors (Lipinski definition) is 4. The van der Waals surface area contributed by atoms with Gasteiger partial charge >= 0.3 is 0 Å². The highest BCUT2D eigenvalue weighted by molar-refractivity contribution is 5.93. The molecule has 1 aromatic carbocycles. The maximum atomic E-state index is 5.64. The number of likely N-dealkylation sites (N-methyl/N-ethyl adjacent to an activating group) is 1. The van der Waals surface area contributed by atoms with Crippen molar-refractivity contribution in [2.24, 2.45) is 4.99 Å². The minimum Gasteiger partial charge on any atom is -0.493 e. The molecule has 0 heterocycles. The quantitative estimate of drug-likeness (QED) is 0.501. The molecule has 1 atom stereocenters. The van der Waals surface area contributed by atoms with Crippen LogP contribution >= 0.6 is 0 Å². The predicted octanol–water partition coefficient (Wildman–Crippen LogP) is 3.20. The van der Waals surface area contributed by atoms with Crippen LogP contribution in [0.5, 0.6) is 11.5 Å². The van der Waals surface area contributed by atoms with Crippen molar-refractivity contribution in [3.8, 4) is 11.5 Å². The van der Waals surface area contributed by atoms with Gasteiger partial charge in [0.2, 0.25) is 0 Å². The predicted molar refractivity (Wildman–Crippen MR) is 106 cm³/mol. The maximum absolute atomic E-state index is 5.64. The summed E-state index contributed by atoms with van der Waals surface area (Å²) in [7, 11) is 1.64. The Morgan fingerprint density at radius 1 is 1.16 bits per heavy atom. The molecular weight excluding hydrogens is 316 g/mol. The Kier molecular flexibility index (Phi) is 9.77. The van der Waals surface area contributed by atoms with E-state index in [0.29, 0.717) is 12.6 Å². The van der Waals surface area contributed by atoms with Crippen molar-refractivity contribution in [3.05, 3.63) is 18.2 Å². The summed E-state index contributed by atoms with van der Waals surface area (Å²) in [4.78, 5) is 7.12. The van der Waals surface area contributed by atoms with Crippen molar-refractivity contribution in [2.45, 2.75) is 40.7 Å². The van der Waals surface area contributed by atoms with E-state index in [0.717, 1.165) is 49.3 Å². The fourth-order valence-corrected chi connectivity index (χ4v) is 2.65. The molecule has 0 radical (unpaired) electrons. The average molecular weight is 351 g/mol. The Labute approximate surface area is 152 Å². The first-order valence-electron chi connectivity index (χ1n) is 9.19. The number of aliphatic imine (C=N–C) groups is 1. The van der Waals surface area contributed by atoms with Crippen molar-refractivity contribution in [1.82, 2.24) is 10.2 Å². The Hall–Kier alpha value is -1.95. The summed E-state index contributed by atoms with van der Waals surface area (Å²) < 4.78 is 11.0. The molecule has 0 spiro atoms. The van der Waals surface area contributed by atoms with Gasteiger partial charge in [-0.1, -0.05) is 13.8 Å². The summed E-state index contributed by atoms with van der Waals surface area (Å²) in [6.45, 7) is 14.8. The van der Waals surface area contributed by atoms with Crippen LogP contribution in [0.1, 0.15) is 34.6 Å². The van der Waals surface area contributed by atoms with E-state index in [1.54, 1.807) is 7.11 Å². The summed E-state index contributed by atoms with van der Waals surface area (Å²) in [5.41, 5.74) is 0.916. The lowest BCUT2D eigenvalue weighted by atomic mass is 10.2. The van der Waals surface area contributed by atoms with E-state index in [2.05, 4.69) is 43.2 Å². The van der Waals surface area contributed by atoms with Gasteiger partial charge in [-0.05, 0) is 46.0 Å². The lowest BCUT2D eigenvalue weighted by molar-refractivity contribution is 0.237. The number of nitrogens with one attached hydrogen (secondary N) is 2. The number of ether oxygens (including phenoxy) is 2. The molecule has 0 aromatic heterocycles. The first-order valence-corrected chi connectivity index (χ1v) is 9.19. The number of methoxy groups -OCH3 is 1. The second-order valence-corrected chi connectivity index (χ2v) is 5.71. The van der Waals surface area contributed by atoms with E-state index in [1.807, 2.05) is 25.1 Å². The molecule has 1 unspecified atom stereocenters. The minimum absolute atomic E-state index is 0.403. The zero-order valence-corrected chi connectivity index (χ0v) is 16.6. The Morgan fingerprint density at radius 2 is 1.88 bits per heavy atom. The topological polar surface area (TPSA) is 58.1 Å². The fraction of sp³-hybridized carbons (Fsp3) is 0.632. The molecule has 0 amide bonds. The smallest absolute Gasteiger partial charge is 0.195 e. The molecule has 0 fully saturated rings. The van der Waals surface area contributed by atoms with Crippen LogP contribution in [0.25, 0.3) is 0 Å². The Balaban J connectivity index is 2.86. The van der Waals surface area contributed by atoms with Gasteiger partial charge in [0.1, 0.15) is 0 Å². The van der Waals surface area contributed by atoms with Crippen molar-refractivity contribution < 1.29 is 9.47 Å². The molecule has 6 heteroatoms. The summed E-state index contributed by atoms with van der Waals surface area (Å²) in [5.74, 6) is 2.22. The lowest BCUT2D eigenvalue weighted by Gasteiger charge is -2.25. The van der Waals surface area contributed by atoms with Crippen molar-refractivity contribution in [2.75, 3.05) is 45.2 Å². The summed E-state index contributed by atoms with van der Waals surface area (Å²) in [6, 6.07) is 6.20. The second kappa shape index (κ2) is 11.6. The molecule has 25 heavy (non-hydrogen) atoms. The largest absolute Gasteiger partial charge is 0.493 e. The highest BCUT2D eigenvalue weighted by atomic mass is 16.5. The SMILES string of the molecule is CCNC(=NCC(C)N(CC)CC)Nc1ccc(OC)c(OCC)c1. The summed E-state index contributed by atoms with van der Waals surface area (Å²) in [6.07, 6.45) is 0. The van der Waals surface area contributed by atoms with Crippen molar-refractivity contribution >= 4 is 11.6 Å². The molecule has 0 bridgehead atoms. The third-order valence-electron chi connectivity index (χ3n) is 4.02. The first kappa shape index (κ1) is 21.1. The number of hydrogen-bond donors (Lipinski definition) is 2. The van der Waals surface area contributed by atoms with Gasteiger partial charge < -0.3 is 20.1 Å². The van der Waals surface area contributed by atoms with Crippen molar-refractivity contribution in [3.63, 3.8) is 0 Å². The molecular formula is C19H34N4O2. The van der Waals surface area contributed by atoms with Gasteiger partial charge in [0.25, 0.3) is 0 Å².